The molecule has 0 spiro atoms. The maximum Gasteiger partial charge on any atom is 0.308 e. The van der Waals surface area contributed by atoms with E-state index in [1.807, 2.05) is 20.1 Å². The van der Waals surface area contributed by atoms with Crippen molar-refractivity contribution >= 4 is 18.1 Å². The smallest absolute Gasteiger partial charge is 0.308 e. The summed E-state index contributed by atoms with van der Waals surface area (Å²) in [7, 11) is 1.41. The van der Waals surface area contributed by atoms with Gasteiger partial charge in [0.15, 0.2) is 0 Å². The Morgan fingerprint density at radius 2 is 2.21 bits per heavy atom. The molecule has 5 heteroatoms. The van der Waals surface area contributed by atoms with Gasteiger partial charge < -0.3 is 10.1 Å². The molecule has 0 aliphatic carbocycles. The third kappa shape index (κ3) is 5.01. The summed E-state index contributed by atoms with van der Waals surface area (Å²) in [4.78, 5) is 27.2. The molecule has 19 heavy (non-hydrogen) atoms. The Balaban J connectivity index is 2.09. The maximum atomic E-state index is 11.8. The van der Waals surface area contributed by atoms with Crippen LogP contribution in [0.2, 0.25) is 0 Å². The molecule has 1 heterocycles. The van der Waals surface area contributed by atoms with Crippen LogP contribution in [0.15, 0.2) is 4.99 Å². The van der Waals surface area contributed by atoms with Crippen LogP contribution in [0, 0.1) is 11.8 Å². The number of methoxy groups -OCH3 is 1. The summed E-state index contributed by atoms with van der Waals surface area (Å²) in [5, 5.41) is 2.90. The number of hydrogen-bond acceptors (Lipinski definition) is 4. The average Bonchev–Trinajstić information content (AvgIpc) is 2.83. The molecule has 5 nitrogen and oxygen atoms in total. The van der Waals surface area contributed by atoms with Gasteiger partial charge in [-0.1, -0.05) is 20.3 Å². The predicted octanol–water partition coefficient (Wildman–Crippen LogP) is 1.56. The molecule has 3 atom stereocenters. The van der Waals surface area contributed by atoms with E-state index < -0.39 is 0 Å². The lowest BCUT2D eigenvalue weighted by molar-refractivity contribution is -0.145. The number of esters is 1. The van der Waals surface area contributed by atoms with E-state index in [9.17, 15) is 9.59 Å². The standard InChI is InChI=1S/C14H24N2O3/c1-10-7-9-15-12(10)13(17)16-8-5-4-6-11(2)14(18)19-3/h9-12H,4-8H2,1-3H3,(H,16,17)/t10-,11+,12-/m0/s1. The summed E-state index contributed by atoms with van der Waals surface area (Å²) in [5.41, 5.74) is 0. The summed E-state index contributed by atoms with van der Waals surface area (Å²) < 4.78 is 4.66. The lowest BCUT2D eigenvalue weighted by Crippen LogP contribution is -2.36. The Kier molecular flexibility index (Phi) is 6.53. The Morgan fingerprint density at radius 3 is 2.79 bits per heavy atom. The molecule has 0 aromatic rings. The van der Waals surface area contributed by atoms with Crippen molar-refractivity contribution in [3.63, 3.8) is 0 Å². The van der Waals surface area contributed by atoms with E-state index in [2.05, 4.69) is 15.0 Å². The molecule has 1 N–H and O–H groups in total. The van der Waals surface area contributed by atoms with Crippen LogP contribution in [0.25, 0.3) is 0 Å². The zero-order valence-electron chi connectivity index (χ0n) is 12.0. The van der Waals surface area contributed by atoms with Gasteiger partial charge in [0, 0.05) is 12.8 Å². The molecular weight excluding hydrogens is 244 g/mol. The highest BCUT2D eigenvalue weighted by Crippen LogP contribution is 2.16. The summed E-state index contributed by atoms with van der Waals surface area (Å²) in [6, 6.07) is -0.214. The van der Waals surface area contributed by atoms with E-state index in [0.717, 1.165) is 25.7 Å². The minimum absolute atomic E-state index is 0.0160. The van der Waals surface area contributed by atoms with Crippen LogP contribution in [0.3, 0.4) is 0 Å². The van der Waals surface area contributed by atoms with Gasteiger partial charge in [-0.3, -0.25) is 14.6 Å². The van der Waals surface area contributed by atoms with Gasteiger partial charge in [0.05, 0.1) is 13.0 Å². The van der Waals surface area contributed by atoms with Crippen LogP contribution >= 0.6 is 0 Å². The molecule has 0 aromatic heterocycles. The van der Waals surface area contributed by atoms with Gasteiger partial charge in [-0.05, 0) is 25.2 Å². The van der Waals surface area contributed by atoms with Crippen LogP contribution < -0.4 is 5.32 Å². The van der Waals surface area contributed by atoms with Crippen LogP contribution in [-0.2, 0) is 14.3 Å². The molecule has 1 aliphatic rings. The molecule has 0 bridgehead atoms. The molecule has 0 radical (unpaired) electrons. The number of hydrogen-bond donors (Lipinski definition) is 1. The van der Waals surface area contributed by atoms with Crippen LogP contribution in [0.1, 0.15) is 39.5 Å². The third-order valence-electron chi connectivity index (χ3n) is 3.52. The zero-order chi connectivity index (χ0) is 14.3. The van der Waals surface area contributed by atoms with Crippen molar-refractivity contribution in [3.05, 3.63) is 0 Å². The molecule has 0 aromatic carbocycles. The van der Waals surface area contributed by atoms with E-state index in [-0.39, 0.29) is 23.8 Å². The quantitative estimate of drug-likeness (QED) is 0.563. The summed E-state index contributed by atoms with van der Waals surface area (Å²) in [6.07, 6.45) is 5.28. The van der Waals surface area contributed by atoms with Crippen molar-refractivity contribution < 1.29 is 14.3 Å². The fourth-order valence-corrected chi connectivity index (χ4v) is 2.15. The lowest BCUT2D eigenvalue weighted by Gasteiger charge is -2.13. The van der Waals surface area contributed by atoms with Gasteiger partial charge >= 0.3 is 5.97 Å². The van der Waals surface area contributed by atoms with Gasteiger partial charge in [-0.2, -0.15) is 0 Å². The van der Waals surface area contributed by atoms with Crippen LogP contribution in [-0.4, -0.2) is 37.8 Å². The highest BCUT2D eigenvalue weighted by atomic mass is 16.5. The first-order valence-electron chi connectivity index (χ1n) is 6.93. The Bertz CT molecular complexity index is 342. The lowest BCUT2D eigenvalue weighted by atomic mass is 10.0. The van der Waals surface area contributed by atoms with E-state index in [1.54, 1.807) is 0 Å². The number of carbonyl (C=O) groups is 2. The molecule has 1 aliphatic heterocycles. The second-order valence-corrected chi connectivity index (χ2v) is 5.20. The van der Waals surface area contributed by atoms with Crippen LogP contribution in [0.4, 0.5) is 0 Å². The Labute approximate surface area is 114 Å². The van der Waals surface area contributed by atoms with Gasteiger partial charge in [-0.25, -0.2) is 0 Å². The molecule has 108 valence electrons. The normalized spacial score (nSPS) is 23.1. The zero-order valence-corrected chi connectivity index (χ0v) is 12.0. The summed E-state index contributed by atoms with van der Waals surface area (Å²) in [6.45, 7) is 4.54. The topological polar surface area (TPSA) is 67.8 Å². The van der Waals surface area contributed by atoms with E-state index in [4.69, 9.17) is 0 Å². The molecule has 0 fully saturated rings. The second kappa shape index (κ2) is 7.92. The molecule has 1 amide bonds. The maximum absolute atomic E-state index is 11.8. The highest BCUT2D eigenvalue weighted by Gasteiger charge is 2.26. The Morgan fingerprint density at radius 1 is 1.47 bits per heavy atom. The Hall–Kier alpha value is -1.39. The minimum Gasteiger partial charge on any atom is -0.469 e. The number of unbranched alkanes of at least 4 members (excludes halogenated alkanes) is 1. The number of nitrogens with zero attached hydrogens (tertiary/aromatic N) is 1. The number of amides is 1. The first kappa shape index (κ1) is 15.7. The first-order chi connectivity index (χ1) is 9.06. The molecule has 0 unspecified atom stereocenters. The van der Waals surface area contributed by atoms with Crippen molar-refractivity contribution in [1.29, 1.82) is 0 Å². The number of aliphatic imine (C=N–C) groups is 1. The highest BCUT2D eigenvalue weighted by molar-refractivity contribution is 5.85. The van der Waals surface area contributed by atoms with Gasteiger partial charge in [-0.15, -0.1) is 0 Å². The van der Waals surface area contributed by atoms with Gasteiger partial charge in [0.25, 0.3) is 0 Å². The fourth-order valence-electron chi connectivity index (χ4n) is 2.15. The SMILES string of the molecule is COC(=O)[C@H](C)CCCCNC(=O)[C@H]1N=CC[C@@H]1C. The van der Waals surface area contributed by atoms with Crippen molar-refractivity contribution in [3.8, 4) is 0 Å². The number of nitrogens with one attached hydrogen (secondary N) is 1. The fraction of sp³-hybridized carbons (Fsp3) is 0.786. The van der Waals surface area contributed by atoms with E-state index in [0.29, 0.717) is 12.5 Å². The molecule has 0 saturated carbocycles. The van der Waals surface area contributed by atoms with Gasteiger partial charge in [0.1, 0.15) is 6.04 Å². The largest absolute Gasteiger partial charge is 0.469 e. The first-order valence-corrected chi connectivity index (χ1v) is 6.93. The average molecular weight is 268 g/mol. The van der Waals surface area contributed by atoms with E-state index >= 15 is 0 Å². The summed E-state index contributed by atoms with van der Waals surface area (Å²) >= 11 is 0. The predicted molar refractivity (Wildman–Crippen MR) is 74.1 cm³/mol. The number of carbonyl (C=O) groups excluding carboxylic acids is 2. The number of ether oxygens (including phenoxy) is 1. The van der Waals surface area contributed by atoms with Gasteiger partial charge in [0.2, 0.25) is 5.91 Å². The van der Waals surface area contributed by atoms with E-state index in [1.165, 1.54) is 7.11 Å². The van der Waals surface area contributed by atoms with Crippen molar-refractivity contribution in [2.45, 2.75) is 45.6 Å². The summed E-state index contributed by atoms with van der Waals surface area (Å²) in [5.74, 6) is 0.0833. The monoisotopic (exact) mass is 268 g/mol. The second-order valence-electron chi connectivity index (χ2n) is 5.20. The van der Waals surface area contributed by atoms with Crippen LogP contribution in [0.5, 0.6) is 0 Å². The van der Waals surface area contributed by atoms with Crippen molar-refractivity contribution in [1.82, 2.24) is 5.32 Å². The van der Waals surface area contributed by atoms with Crippen molar-refractivity contribution in [2.75, 3.05) is 13.7 Å². The van der Waals surface area contributed by atoms with Crippen molar-refractivity contribution in [2.24, 2.45) is 16.8 Å². The third-order valence-corrected chi connectivity index (χ3v) is 3.52. The molecule has 0 saturated heterocycles. The molecular formula is C14H24N2O3. The minimum atomic E-state index is -0.214. The number of rotatable bonds is 7. The molecule has 1 rings (SSSR count).